The van der Waals surface area contributed by atoms with Crippen molar-refractivity contribution in [3.63, 3.8) is 0 Å². The second-order valence-electron chi connectivity index (χ2n) is 5.03. The lowest BCUT2D eigenvalue weighted by molar-refractivity contribution is 0.392. The van der Waals surface area contributed by atoms with E-state index in [1.54, 1.807) is 24.7 Å². The predicted octanol–water partition coefficient (Wildman–Crippen LogP) is 0.723. The summed E-state index contributed by atoms with van der Waals surface area (Å²) in [5.74, 6) is 1.87. The molecule has 2 N–H and O–H groups in total. The van der Waals surface area contributed by atoms with E-state index in [9.17, 15) is 0 Å². The summed E-state index contributed by atoms with van der Waals surface area (Å²) in [7, 11) is 1.78. The average Bonchev–Trinajstić information content (AvgIpc) is 3.11. The molecule has 8 heteroatoms. The first-order chi connectivity index (χ1) is 10.2. The Morgan fingerprint density at radius 2 is 2.43 bits per heavy atom. The fourth-order valence-electron chi connectivity index (χ4n) is 2.39. The lowest BCUT2D eigenvalue weighted by atomic mass is 10.1. The van der Waals surface area contributed by atoms with Crippen molar-refractivity contribution in [1.82, 2.24) is 30.4 Å². The van der Waals surface area contributed by atoms with Gasteiger partial charge in [0.15, 0.2) is 5.96 Å². The van der Waals surface area contributed by atoms with Crippen LogP contribution in [0.15, 0.2) is 17.5 Å². The molecule has 7 nitrogen and oxygen atoms in total. The summed E-state index contributed by atoms with van der Waals surface area (Å²) >= 11 is 1.70. The van der Waals surface area contributed by atoms with E-state index in [0.717, 1.165) is 36.2 Å². The number of fused-ring (bicyclic) bond motifs is 1. The molecule has 112 valence electrons. The van der Waals surface area contributed by atoms with Crippen LogP contribution in [-0.4, -0.2) is 38.8 Å². The minimum atomic E-state index is 0.323. The molecule has 3 heterocycles. The third kappa shape index (κ3) is 3.38. The van der Waals surface area contributed by atoms with Gasteiger partial charge < -0.3 is 10.6 Å². The zero-order chi connectivity index (χ0) is 14.7. The Morgan fingerprint density at radius 3 is 3.19 bits per heavy atom. The fraction of sp³-hybridized carbons (Fsp3) is 0.538. The van der Waals surface area contributed by atoms with Crippen molar-refractivity contribution in [3.8, 4) is 0 Å². The molecule has 0 saturated heterocycles. The molecule has 0 saturated carbocycles. The van der Waals surface area contributed by atoms with E-state index in [-0.39, 0.29) is 0 Å². The van der Waals surface area contributed by atoms with Gasteiger partial charge >= 0.3 is 0 Å². The second-order valence-corrected chi connectivity index (χ2v) is 6.35. The Hall–Kier alpha value is -1.96. The summed E-state index contributed by atoms with van der Waals surface area (Å²) in [6.45, 7) is 3.58. The zero-order valence-electron chi connectivity index (χ0n) is 12.2. The van der Waals surface area contributed by atoms with E-state index in [0.29, 0.717) is 12.6 Å². The van der Waals surface area contributed by atoms with Crippen molar-refractivity contribution in [2.45, 2.75) is 38.9 Å². The van der Waals surface area contributed by atoms with Gasteiger partial charge in [-0.1, -0.05) is 0 Å². The molecule has 0 aromatic carbocycles. The Bertz CT molecular complexity index is 630. The number of hydrogen-bond donors (Lipinski definition) is 2. The fourth-order valence-corrected chi connectivity index (χ4v) is 3.11. The normalized spacial score (nSPS) is 18.4. The lowest BCUT2D eigenvalue weighted by Crippen LogP contribution is -2.46. The standard InChI is InChI=1S/C13H19N7S/c1-9-5-15-12(21-9)6-16-13(14-2)19-10-3-4-11-17-8-18-20(11)7-10/h5,8,10H,3-4,6-7H2,1-2H3,(H2,14,16,19). The molecule has 1 aliphatic rings. The molecular weight excluding hydrogens is 286 g/mol. The van der Waals surface area contributed by atoms with Gasteiger partial charge in [0.25, 0.3) is 0 Å². The van der Waals surface area contributed by atoms with Gasteiger partial charge in [0, 0.05) is 30.6 Å². The Labute approximate surface area is 127 Å². The highest BCUT2D eigenvalue weighted by Crippen LogP contribution is 2.12. The summed E-state index contributed by atoms with van der Waals surface area (Å²) in [6.07, 6.45) is 5.50. The highest BCUT2D eigenvalue weighted by atomic mass is 32.1. The summed E-state index contributed by atoms with van der Waals surface area (Å²) in [5.41, 5.74) is 0. The summed E-state index contributed by atoms with van der Waals surface area (Å²) < 4.78 is 1.96. The molecule has 3 rings (SSSR count). The molecule has 2 aromatic rings. The zero-order valence-corrected chi connectivity index (χ0v) is 13.0. The maximum absolute atomic E-state index is 4.34. The Balaban J connectivity index is 1.53. The van der Waals surface area contributed by atoms with Crippen LogP contribution in [0.25, 0.3) is 0 Å². The molecule has 2 aromatic heterocycles. The van der Waals surface area contributed by atoms with Crippen molar-refractivity contribution in [2.75, 3.05) is 7.05 Å². The van der Waals surface area contributed by atoms with Crippen LogP contribution in [-0.2, 0) is 19.5 Å². The van der Waals surface area contributed by atoms with Gasteiger partial charge in [-0.05, 0) is 13.3 Å². The summed E-state index contributed by atoms with van der Waals surface area (Å²) in [5, 5.41) is 12.0. The van der Waals surface area contributed by atoms with Crippen LogP contribution < -0.4 is 10.6 Å². The first kappa shape index (κ1) is 14.0. The van der Waals surface area contributed by atoms with Crippen LogP contribution in [0.1, 0.15) is 22.1 Å². The highest BCUT2D eigenvalue weighted by Gasteiger charge is 2.20. The van der Waals surface area contributed by atoms with Gasteiger partial charge in [0.1, 0.15) is 17.2 Å². The quantitative estimate of drug-likeness (QED) is 0.645. The minimum Gasteiger partial charge on any atom is -0.352 e. The number of rotatable bonds is 3. The molecule has 1 atom stereocenters. The number of nitrogens with one attached hydrogen (secondary N) is 2. The van der Waals surface area contributed by atoms with Crippen LogP contribution in [0.5, 0.6) is 0 Å². The molecule has 1 unspecified atom stereocenters. The van der Waals surface area contributed by atoms with Gasteiger partial charge in [0.2, 0.25) is 0 Å². The van der Waals surface area contributed by atoms with Crippen molar-refractivity contribution in [3.05, 3.63) is 28.2 Å². The van der Waals surface area contributed by atoms with Crippen LogP contribution in [0.2, 0.25) is 0 Å². The molecule has 0 radical (unpaired) electrons. The number of aryl methyl sites for hydroxylation is 2. The van der Waals surface area contributed by atoms with Crippen molar-refractivity contribution in [1.29, 1.82) is 0 Å². The van der Waals surface area contributed by atoms with Crippen molar-refractivity contribution >= 4 is 17.3 Å². The maximum atomic E-state index is 4.34. The van der Waals surface area contributed by atoms with Crippen LogP contribution in [0.3, 0.4) is 0 Å². The minimum absolute atomic E-state index is 0.323. The molecule has 21 heavy (non-hydrogen) atoms. The third-order valence-corrected chi connectivity index (χ3v) is 4.36. The molecule has 0 bridgehead atoms. The van der Waals surface area contributed by atoms with Gasteiger partial charge in [-0.15, -0.1) is 11.3 Å². The predicted molar refractivity (Wildman–Crippen MR) is 82.3 cm³/mol. The van der Waals surface area contributed by atoms with Crippen LogP contribution >= 0.6 is 11.3 Å². The first-order valence-electron chi connectivity index (χ1n) is 7.00. The number of aromatic nitrogens is 4. The van der Waals surface area contributed by atoms with E-state index >= 15 is 0 Å². The number of hydrogen-bond acceptors (Lipinski definition) is 5. The Kier molecular flexibility index (Phi) is 4.14. The molecule has 1 aliphatic heterocycles. The van der Waals surface area contributed by atoms with E-state index in [2.05, 4.69) is 37.6 Å². The number of thiazole rings is 1. The number of aliphatic imine (C=N–C) groups is 1. The molecule has 0 fully saturated rings. The summed E-state index contributed by atoms with van der Waals surface area (Å²) in [6, 6.07) is 0.323. The largest absolute Gasteiger partial charge is 0.352 e. The topological polar surface area (TPSA) is 80.0 Å². The van der Waals surface area contributed by atoms with Gasteiger partial charge in [-0.3, -0.25) is 4.99 Å². The second kappa shape index (κ2) is 6.21. The van der Waals surface area contributed by atoms with Gasteiger partial charge in [-0.25, -0.2) is 14.6 Å². The third-order valence-electron chi connectivity index (χ3n) is 3.45. The van der Waals surface area contributed by atoms with Crippen molar-refractivity contribution in [2.24, 2.45) is 4.99 Å². The monoisotopic (exact) mass is 305 g/mol. The smallest absolute Gasteiger partial charge is 0.191 e. The maximum Gasteiger partial charge on any atom is 0.191 e. The van der Waals surface area contributed by atoms with Crippen molar-refractivity contribution < 1.29 is 0 Å². The van der Waals surface area contributed by atoms with E-state index < -0.39 is 0 Å². The van der Waals surface area contributed by atoms with Gasteiger partial charge in [-0.2, -0.15) is 5.10 Å². The van der Waals surface area contributed by atoms with Gasteiger partial charge in [0.05, 0.1) is 13.1 Å². The molecule has 0 aliphatic carbocycles. The Morgan fingerprint density at radius 1 is 1.52 bits per heavy atom. The molecular formula is C13H19N7S. The van der Waals surface area contributed by atoms with E-state index in [4.69, 9.17) is 0 Å². The average molecular weight is 305 g/mol. The number of nitrogens with zero attached hydrogens (tertiary/aromatic N) is 5. The molecule has 0 spiro atoms. The highest BCUT2D eigenvalue weighted by molar-refractivity contribution is 7.11. The van der Waals surface area contributed by atoms with E-state index in [1.165, 1.54) is 4.88 Å². The lowest BCUT2D eigenvalue weighted by Gasteiger charge is -2.25. The van der Waals surface area contributed by atoms with Crippen LogP contribution in [0.4, 0.5) is 0 Å². The molecule has 0 amide bonds. The van der Waals surface area contributed by atoms with Crippen LogP contribution in [0, 0.1) is 6.92 Å². The first-order valence-corrected chi connectivity index (χ1v) is 7.81. The van der Waals surface area contributed by atoms with E-state index in [1.807, 2.05) is 10.9 Å². The number of guanidine groups is 1. The SMILES string of the molecule is CN=C(NCc1ncc(C)s1)NC1CCc2ncnn2C1. The summed E-state index contributed by atoms with van der Waals surface area (Å²) in [4.78, 5) is 14.1.